The van der Waals surface area contributed by atoms with Crippen molar-refractivity contribution in [2.75, 3.05) is 5.32 Å². The molecule has 7 nitrogen and oxygen atoms in total. The first-order valence-electron chi connectivity index (χ1n) is 5.73. The van der Waals surface area contributed by atoms with E-state index in [-0.39, 0.29) is 11.2 Å². The Labute approximate surface area is 124 Å². The van der Waals surface area contributed by atoms with Gasteiger partial charge in [-0.3, -0.25) is 10.1 Å². The quantitative estimate of drug-likeness (QED) is 0.684. The van der Waals surface area contributed by atoms with Gasteiger partial charge < -0.3 is 5.32 Å². The summed E-state index contributed by atoms with van der Waals surface area (Å²) >= 11 is 2.75. The maximum Gasteiger partial charge on any atom is 0.287 e. The zero-order valence-corrected chi connectivity index (χ0v) is 12.8. The number of pyridine rings is 1. The largest absolute Gasteiger partial charge is 0.355 e. The minimum Gasteiger partial charge on any atom is -0.355 e. The van der Waals surface area contributed by atoms with Crippen LogP contribution in [-0.4, -0.2) is 25.6 Å². The van der Waals surface area contributed by atoms with E-state index in [0.717, 1.165) is 9.47 Å². The number of nitrogens with one attached hydrogen (secondary N) is 1. The molecule has 0 amide bonds. The number of nitro groups is 1. The molecule has 0 radical (unpaired) electrons. The van der Waals surface area contributed by atoms with Gasteiger partial charge in [0.25, 0.3) is 5.69 Å². The lowest BCUT2D eigenvalue weighted by Gasteiger charge is -2.18. The lowest BCUT2D eigenvalue weighted by atomic mass is 10.1. The fourth-order valence-corrected chi connectivity index (χ4v) is 3.10. The summed E-state index contributed by atoms with van der Waals surface area (Å²) < 4.78 is 0.734. The standard InChI is InChI=1S/C11H13N5O2S2/c1-11(2,3)13-9-14-15-10(20-9)19-8-5-4-7(6-12-8)16(17)18/h4-6H,1-3H3,(H,13,14). The van der Waals surface area contributed by atoms with E-state index in [9.17, 15) is 10.1 Å². The molecule has 0 saturated carbocycles. The monoisotopic (exact) mass is 311 g/mol. The average Bonchev–Trinajstić information content (AvgIpc) is 2.74. The van der Waals surface area contributed by atoms with Crippen LogP contribution >= 0.6 is 23.1 Å². The van der Waals surface area contributed by atoms with Crippen LogP contribution in [0.3, 0.4) is 0 Å². The molecule has 0 aliphatic rings. The molecule has 0 aliphatic carbocycles. The van der Waals surface area contributed by atoms with E-state index >= 15 is 0 Å². The van der Waals surface area contributed by atoms with Gasteiger partial charge >= 0.3 is 0 Å². The van der Waals surface area contributed by atoms with E-state index in [1.165, 1.54) is 35.4 Å². The molecule has 20 heavy (non-hydrogen) atoms. The van der Waals surface area contributed by atoms with Gasteiger partial charge in [0.15, 0.2) is 4.34 Å². The summed E-state index contributed by atoms with van der Waals surface area (Å²) in [5.74, 6) is 0. The molecule has 1 N–H and O–H groups in total. The van der Waals surface area contributed by atoms with Crippen molar-refractivity contribution < 1.29 is 4.92 Å². The van der Waals surface area contributed by atoms with Crippen molar-refractivity contribution in [1.82, 2.24) is 15.2 Å². The fourth-order valence-electron chi connectivity index (χ4n) is 1.25. The summed E-state index contributed by atoms with van der Waals surface area (Å²) in [6.45, 7) is 6.12. The third-order valence-corrected chi connectivity index (χ3v) is 3.85. The topological polar surface area (TPSA) is 93.8 Å². The second kappa shape index (κ2) is 5.71. The fraction of sp³-hybridized carbons (Fsp3) is 0.364. The molecule has 2 rings (SSSR count). The number of aromatic nitrogens is 3. The van der Waals surface area contributed by atoms with Gasteiger partial charge in [-0.1, -0.05) is 11.3 Å². The molecule has 0 unspecified atom stereocenters. The van der Waals surface area contributed by atoms with Gasteiger partial charge in [0.05, 0.1) is 4.92 Å². The Morgan fingerprint density at radius 1 is 1.35 bits per heavy atom. The van der Waals surface area contributed by atoms with Gasteiger partial charge in [0.1, 0.15) is 11.2 Å². The SMILES string of the molecule is CC(C)(C)Nc1nnc(Sc2ccc([N+](=O)[O-])cn2)s1. The van der Waals surface area contributed by atoms with Crippen molar-refractivity contribution in [2.24, 2.45) is 0 Å². The third kappa shape index (κ3) is 4.14. The minimum atomic E-state index is -0.474. The van der Waals surface area contributed by atoms with E-state index in [2.05, 4.69) is 20.5 Å². The maximum absolute atomic E-state index is 10.5. The van der Waals surface area contributed by atoms with Crippen molar-refractivity contribution in [2.45, 2.75) is 35.7 Å². The molecular formula is C11H13N5O2S2. The summed E-state index contributed by atoms with van der Waals surface area (Å²) in [6.07, 6.45) is 1.23. The van der Waals surface area contributed by atoms with E-state index in [1.54, 1.807) is 6.07 Å². The summed E-state index contributed by atoms with van der Waals surface area (Å²) in [4.78, 5) is 14.1. The predicted molar refractivity (Wildman–Crippen MR) is 78.3 cm³/mol. The summed E-state index contributed by atoms with van der Waals surface area (Å²) in [6, 6.07) is 3.02. The van der Waals surface area contributed by atoms with E-state index in [1.807, 2.05) is 20.8 Å². The summed E-state index contributed by atoms with van der Waals surface area (Å²) in [5.41, 5.74) is -0.103. The van der Waals surface area contributed by atoms with E-state index in [4.69, 9.17) is 0 Å². The van der Waals surface area contributed by atoms with Crippen LogP contribution in [0.2, 0.25) is 0 Å². The molecule has 106 valence electrons. The molecular weight excluding hydrogens is 298 g/mol. The molecule has 0 aromatic carbocycles. The molecule has 0 bridgehead atoms. The normalized spacial score (nSPS) is 11.3. The van der Waals surface area contributed by atoms with Crippen LogP contribution < -0.4 is 5.32 Å². The van der Waals surface area contributed by atoms with Crippen molar-refractivity contribution in [3.63, 3.8) is 0 Å². The van der Waals surface area contributed by atoms with Gasteiger partial charge in [-0.05, 0) is 38.6 Å². The Bertz CT molecular complexity index is 606. The average molecular weight is 311 g/mol. The minimum absolute atomic E-state index is 0.0262. The lowest BCUT2D eigenvalue weighted by Crippen LogP contribution is -2.25. The highest BCUT2D eigenvalue weighted by molar-refractivity contribution is 8.01. The Hall–Kier alpha value is -1.74. The van der Waals surface area contributed by atoms with Gasteiger partial charge in [-0.15, -0.1) is 10.2 Å². The summed E-state index contributed by atoms with van der Waals surface area (Å²) in [7, 11) is 0. The molecule has 2 aromatic rings. The second-order valence-corrected chi connectivity index (χ2v) is 7.21. The Morgan fingerprint density at radius 3 is 2.65 bits per heavy atom. The highest BCUT2D eigenvalue weighted by atomic mass is 32.2. The van der Waals surface area contributed by atoms with Gasteiger partial charge in [-0.2, -0.15) is 0 Å². The molecule has 0 atom stereocenters. The maximum atomic E-state index is 10.5. The van der Waals surface area contributed by atoms with E-state index < -0.39 is 4.92 Å². The predicted octanol–water partition coefficient (Wildman–Crippen LogP) is 3.20. The highest BCUT2D eigenvalue weighted by Gasteiger charge is 2.14. The van der Waals surface area contributed by atoms with Crippen LogP contribution in [0.5, 0.6) is 0 Å². The number of hydrogen-bond acceptors (Lipinski definition) is 8. The molecule has 0 aliphatic heterocycles. The first-order chi connectivity index (χ1) is 9.33. The number of nitrogens with zero attached hydrogens (tertiary/aromatic N) is 4. The number of rotatable bonds is 4. The van der Waals surface area contributed by atoms with Gasteiger partial charge in [0, 0.05) is 11.6 Å². The van der Waals surface area contributed by atoms with Crippen LogP contribution in [-0.2, 0) is 0 Å². The van der Waals surface area contributed by atoms with Gasteiger partial charge in [-0.25, -0.2) is 4.98 Å². The van der Waals surface area contributed by atoms with Crippen molar-refractivity contribution in [3.8, 4) is 0 Å². The first-order valence-corrected chi connectivity index (χ1v) is 7.37. The smallest absolute Gasteiger partial charge is 0.287 e. The Balaban J connectivity index is 2.05. The highest BCUT2D eigenvalue weighted by Crippen LogP contribution is 2.32. The molecule has 0 fully saturated rings. The zero-order valence-electron chi connectivity index (χ0n) is 11.2. The van der Waals surface area contributed by atoms with Gasteiger partial charge in [0.2, 0.25) is 5.13 Å². The van der Waals surface area contributed by atoms with Crippen molar-refractivity contribution >= 4 is 33.9 Å². The van der Waals surface area contributed by atoms with Crippen LogP contribution in [0, 0.1) is 10.1 Å². The Morgan fingerprint density at radius 2 is 2.10 bits per heavy atom. The van der Waals surface area contributed by atoms with Crippen LogP contribution in [0.1, 0.15) is 20.8 Å². The number of anilines is 1. The summed E-state index contributed by atoms with van der Waals surface area (Å²) in [5, 5.41) is 23.2. The molecule has 0 spiro atoms. The first kappa shape index (κ1) is 14.7. The van der Waals surface area contributed by atoms with E-state index in [0.29, 0.717) is 5.03 Å². The molecule has 2 heterocycles. The molecule has 2 aromatic heterocycles. The van der Waals surface area contributed by atoms with Crippen molar-refractivity contribution in [1.29, 1.82) is 0 Å². The molecule has 9 heteroatoms. The van der Waals surface area contributed by atoms with Crippen LogP contribution in [0.4, 0.5) is 10.8 Å². The zero-order chi connectivity index (χ0) is 14.8. The van der Waals surface area contributed by atoms with Crippen LogP contribution in [0.15, 0.2) is 27.7 Å². The van der Waals surface area contributed by atoms with Crippen LogP contribution in [0.25, 0.3) is 0 Å². The number of hydrogen-bond donors (Lipinski definition) is 1. The molecule has 0 saturated heterocycles. The third-order valence-electron chi connectivity index (χ3n) is 2.01. The second-order valence-electron chi connectivity index (χ2n) is 4.96. The van der Waals surface area contributed by atoms with Crippen molar-refractivity contribution in [3.05, 3.63) is 28.4 Å². The Kier molecular flexibility index (Phi) is 4.19. The lowest BCUT2D eigenvalue weighted by molar-refractivity contribution is -0.385.